The van der Waals surface area contributed by atoms with E-state index in [1.54, 1.807) is 12.1 Å². The predicted molar refractivity (Wildman–Crippen MR) is 102 cm³/mol. The van der Waals surface area contributed by atoms with Gasteiger partial charge < -0.3 is 0 Å². The maximum atomic E-state index is 12.5. The van der Waals surface area contributed by atoms with Crippen LogP contribution < -0.4 is 0 Å². The molecule has 0 unspecified atom stereocenters. The Kier molecular flexibility index (Phi) is 4.85. The highest BCUT2D eigenvalue weighted by Crippen LogP contribution is 2.23. The average molecular weight is 364 g/mol. The highest BCUT2D eigenvalue weighted by Gasteiger charge is 2.15. The maximum absolute atomic E-state index is 12.5. The summed E-state index contributed by atoms with van der Waals surface area (Å²) in [6.45, 7) is 6.41. The number of nitro benzene ring substituents is 1. The van der Waals surface area contributed by atoms with Gasteiger partial charge >= 0.3 is 0 Å². The number of carbonyl (C=O) groups is 1. The molecule has 138 valence electrons. The fraction of sp³-hybridized carbons (Fsp3) is 0.250. The van der Waals surface area contributed by atoms with Gasteiger partial charge in [-0.1, -0.05) is 57.2 Å². The first-order chi connectivity index (χ1) is 12.7. The van der Waals surface area contributed by atoms with Crippen molar-refractivity contribution in [2.75, 3.05) is 0 Å². The lowest BCUT2D eigenvalue weighted by atomic mass is 9.86. The Labute approximate surface area is 156 Å². The molecule has 0 bridgehead atoms. The van der Waals surface area contributed by atoms with Gasteiger partial charge in [0.2, 0.25) is 0 Å². The molecule has 1 aromatic heterocycles. The average Bonchev–Trinajstić information content (AvgIpc) is 3.09. The van der Waals surface area contributed by atoms with Crippen molar-refractivity contribution < 1.29 is 9.72 Å². The number of hydrogen-bond donors (Lipinski definition) is 0. The van der Waals surface area contributed by atoms with Crippen LogP contribution in [0.2, 0.25) is 0 Å². The Balaban J connectivity index is 1.75. The minimum absolute atomic E-state index is 0.0284. The van der Waals surface area contributed by atoms with E-state index in [0.29, 0.717) is 17.0 Å². The van der Waals surface area contributed by atoms with Gasteiger partial charge in [-0.25, -0.2) is 9.67 Å². The van der Waals surface area contributed by atoms with E-state index in [1.165, 1.54) is 23.1 Å². The van der Waals surface area contributed by atoms with Crippen LogP contribution in [0.5, 0.6) is 0 Å². The second-order valence-electron chi connectivity index (χ2n) is 7.32. The Bertz CT molecular complexity index is 985. The summed E-state index contributed by atoms with van der Waals surface area (Å²) >= 11 is 0. The molecule has 0 amide bonds. The van der Waals surface area contributed by atoms with Gasteiger partial charge in [0, 0.05) is 23.3 Å². The van der Waals surface area contributed by atoms with Crippen LogP contribution in [-0.2, 0) is 12.0 Å². The molecular formula is C20H20N4O3. The van der Waals surface area contributed by atoms with Crippen LogP contribution in [0, 0.1) is 10.1 Å². The summed E-state index contributed by atoms with van der Waals surface area (Å²) in [4.78, 5) is 27.1. The summed E-state index contributed by atoms with van der Waals surface area (Å²) in [5.41, 5.74) is 2.30. The summed E-state index contributed by atoms with van der Waals surface area (Å²) in [5, 5.41) is 15.2. The fourth-order valence-corrected chi connectivity index (χ4v) is 2.66. The van der Waals surface area contributed by atoms with Crippen molar-refractivity contribution in [3.05, 3.63) is 76.1 Å². The van der Waals surface area contributed by atoms with Crippen molar-refractivity contribution in [2.45, 2.75) is 32.7 Å². The number of hydrogen-bond acceptors (Lipinski definition) is 5. The molecule has 0 aliphatic heterocycles. The number of non-ortho nitro benzene ring substituents is 1. The van der Waals surface area contributed by atoms with Crippen molar-refractivity contribution in [3.8, 4) is 11.4 Å². The zero-order chi connectivity index (χ0) is 19.6. The van der Waals surface area contributed by atoms with Crippen LogP contribution in [-0.4, -0.2) is 25.5 Å². The summed E-state index contributed by atoms with van der Waals surface area (Å²) in [5.74, 6) is 0.264. The van der Waals surface area contributed by atoms with E-state index in [4.69, 9.17) is 0 Å². The molecular weight excluding hydrogens is 344 g/mol. The Hall–Kier alpha value is -3.35. The van der Waals surface area contributed by atoms with Crippen molar-refractivity contribution in [3.63, 3.8) is 0 Å². The quantitative estimate of drug-likeness (QED) is 0.387. The minimum atomic E-state index is -0.467. The van der Waals surface area contributed by atoms with E-state index in [2.05, 4.69) is 30.9 Å². The second kappa shape index (κ2) is 7.11. The number of nitrogens with zero attached hydrogens (tertiary/aromatic N) is 4. The van der Waals surface area contributed by atoms with Gasteiger partial charge in [0.05, 0.1) is 4.92 Å². The Morgan fingerprint density at radius 2 is 1.85 bits per heavy atom. The molecule has 2 aromatic carbocycles. The number of aromatic nitrogens is 3. The van der Waals surface area contributed by atoms with Crippen LogP contribution in [0.3, 0.4) is 0 Å². The zero-order valence-corrected chi connectivity index (χ0v) is 15.4. The first kappa shape index (κ1) is 18.4. The van der Waals surface area contributed by atoms with E-state index in [-0.39, 0.29) is 23.4 Å². The SMILES string of the molecule is CC(C)(C)c1ccc(C(=O)Cn2cnc(-c3cccc([N+](=O)[O-])c3)n2)cc1. The highest BCUT2D eigenvalue weighted by atomic mass is 16.6. The van der Waals surface area contributed by atoms with Crippen LogP contribution >= 0.6 is 0 Å². The molecule has 3 rings (SSSR count). The van der Waals surface area contributed by atoms with E-state index in [0.717, 1.165) is 5.56 Å². The second-order valence-corrected chi connectivity index (χ2v) is 7.32. The van der Waals surface area contributed by atoms with E-state index >= 15 is 0 Å². The summed E-state index contributed by atoms with van der Waals surface area (Å²) < 4.78 is 1.44. The number of carbonyl (C=O) groups excluding carboxylic acids is 1. The number of ketones is 1. The monoisotopic (exact) mass is 364 g/mol. The molecule has 0 radical (unpaired) electrons. The first-order valence-corrected chi connectivity index (χ1v) is 8.52. The van der Waals surface area contributed by atoms with Gasteiger partial charge in [-0.2, -0.15) is 5.10 Å². The minimum Gasteiger partial charge on any atom is -0.292 e. The number of nitro groups is 1. The molecule has 0 saturated carbocycles. The number of rotatable bonds is 5. The molecule has 0 fully saturated rings. The number of benzene rings is 2. The van der Waals surface area contributed by atoms with Crippen LogP contribution in [0.4, 0.5) is 5.69 Å². The third-order valence-electron chi connectivity index (χ3n) is 4.23. The maximum Gasteiger partial charge on any atom is 0.270 e. The third kappa shape index (κ3) is 4.25. The first-order valence-electron chi connectivity index (χ1n) is 8.52. The topological polar surface area (TPSA) is 90.9 Å². The van der Waals surface area contributed by atoms with Crippen LogP contribution in [0.1, 0.15) is 36.7 Å². The molecule has 0 spiro atoms. The van der Waals surface area contributed by atoms with Crippen molar-refractivity contribution >= 4 is 11.5 Å². The molecule has 0 aliphatic rings. The molecule has 0 saturated heterocycles. The lowest BCUT2D eigenvalue weighted by Crippen LogP contribution is -2.13. The predicted octanol–water partition coefficient (Wildman–Crippen LogP) is 4.03. The Morgan fingerprint density at radius 1 is 1.15 bits per heavy atom. The van der Waals surface area contributed by atoms with E-state index in [9.17, 15) is 14.9 Å². The van der Waals surface area contributed by atoms with Gasteiger partial charge in [0.1, 0.15) is 12.9 Å². The van der Waals surface area contributed by atoms with Gasteiger partial charge in [0.25, 0.3) is 5.69 Å². The van der Waals surface area contributed by atoms with Crippen LogP contribution in [0.25, 0.3) is 11.4 Å². The Morgan fingerprint density at radius 3 is 2.48 bits per heavy atom. The lowest BCUT2D eigenvalue weighted by Gasteiger charge is -2.18. The molecule has 3 aromatic rings. The molecule has 0 N–H and O–H groups in total. The fourth-order valence-electron chi connectivity index (χ4n) is 2.66. The van der Waals surface area contributed by atoms with E-state index < -0.39 is 4.92 Å². The van der Waals surface area contributed by atoms with E-state index in [1.807, 2.05) is 24.3 Å². The number of Topliss-reactive ketones (excluding diaryl/α,β-unsaturated/α-hetero) is 1. The molecule has 1 heterocycles. The summed E-state index contributed by atoms with van der Waals surface area (Å²) in [7, 11) is 0. The van der Waals surface area contributed by atoms with Crippen molar-refractivity contribution in [1.29, 1.82) is 0 Å². The largest absolute Gasteiger partial charge is 0.292 e. The normalized spacial score (nSPS) is 11.4. The molecule has 0 atom stereocenters. The summed E-state index contributed by atoms with van der Waals surface area (Å²) in [6.07, 6.45) is 1.45. The highest BCUT2D eigenvalue weighted by molar-refractivity contribution is 5.95. The van der Waals surface area contributed by atoms with Gasteiger partial charge in [0.15, 0.2) is 11.6 Å². The zero-order valence-electron chi connectivity index (χ0n) is 15.4. The summed E-state index contributed by atoms with van der Waals surface area (Å²) in [6, 6.07) is 13.7. The molecule has 7 nitrogen and oxygen atoms in total. The van der Waals surface area contributed by atoms with Crippen molar-refractivity contribution in [2.24, 2.45) is 0 Å². The molecule has 0 aliphatic carbocycles. The van der Waals surface area contributed by atoms with Gasteiger partial charge in [-0.15, -0.1) is 0 Å². The van der Waals surface area contributed by atoms with Crippen LogP contribution in [0.15, 0.2) is 54.9 Å². The smallest absolute Gasteiger partial charge is 0.270 e. The van der Waals surface area contributed by atoms with Crippen molar-refractivity contribution in [1.82, 2.24) is 14.8 Å². The standard InChI is InChI=1S/C20H20N4O3/c1-20(2,3)16-9-7-14(8-10-16)18(25)12-23-13-21-19(22-23)15-5-4-6-17(11-15)24(26)27/h4-11,13H,12H2,1-3H3. The van der Waals surface area contributed by atoms with Gasteiger partial charge in [-0.3, -0.25) is 14.9 Å². The molecule has 7 heteroatoms. The van der Waals surface area contributed by atoms with Gasteiger partial charge in [-0.05, 0) is 11.0 Å². The molecule has 27 heavy (non-hydrogen) atoms. The third-order valence-corrected chi connectivity index (χ3v) is 4.23. The lowest BCUT2D eigenvalue weighted by molar-refractivity contribution is -0.384.